The van der Waals surface area contributed by atoms with Gasteiger partial charge >= 0.3 is 0 Å². The largest absolute Gasteiger partial charge is 0.355 e. The van der Waals surface area contributed by atoms with E-state index in [1.54, 1.807) is 0 Å². The minimum Gasteiger partial charge on any atom is -0.355 e. The second-order valence-electron chi connectivity index (χ2n) is 5.89. The van der Waals surface area contributed by atoms with Crippen LogP contribution in [0, 0.1) is 11.3 Å². The van der Waals surface area contributed by atoms with Crippen molar-refractivity contribution in [2.75, 3.05) is 13.1 Å². The second-order valence-corrected chi connectivity index (χ2v) is 5.89. The van der Waals surface area contributed by atoms with E-state index >= 15 is 0 Å². The van der Waals surface area contributed by atoms with E-state index in [1.165, 1.54) is 0 Å². The standard InChI is InChI=1S/C13H22F2N2O/c14-13(15)3-1-10(2-4-13)11(18)17-9-12(5-6-12)7-8-16/h10H,1-9,16H2,(H,17,18). The predicted molar refractivity (Wildman–Crippen MR) is 65.3 cm³/mol. The Kier molecular flexibility index (Phi) is 3.90. The lowest BCUT2D eigenvalue weighted by molar-refractivity contribution is -0.129. The van der Waals surface area contributed by atoms with Crippen LogP contribution in [0.25, 0.3) is 0 Å². The Hall–Kier alpha value is -0.710. The van der Waals surface area contributed by atoms with Crippen molar-refractivity contribution in [3.8, 4) is 0 Å². The predicted octanol–water partition coefficient (Wildman–Crippen LogP) is 2.06. The number of carbonyl (C=O) groups is 1. The highest BCUT2D eigenvalue weighted by Gasteiger charge is 2.42. The van der Waals surface area contributed by atoms with Crippen LogP contribution in [0.1, 0.15) is 44.9 Å². The fourth-order valence-corrected chi connectivity index (χ4v) is 2.72. The Morgan fingerprint density at radius 1 is 1.22 bits per heavy atom. The maximum atomic E-state index is 13.0. The summed E-state index contributed by atoms with van der Waals surface area (Å²) in [5, 5.41) is 2.93. The first kappa shape index (κ1) is 13.7. The number of nitrogens with one attached hydrogen (secondary N) is 1. The normalized spacial score (nSPS) is 25.7. The SMILES string of the molecule is NCCC1(CNC(=O)C2CCC(F)(F)CC2)CC1. The number of rotatable bonds is 5. The van der Waals surface area contributed by atoms with Crippen LogP contribution in [0.4, 0.5) is 8.78 Å². The molecule has 0 bridgehead atoms. The van der Waals surface area contributed by atoms with Crippen LogP contribution in [0.5, 0.6) is 0 Å². The highest BCUT2D eigenvalue weighted by Crippen LogP contribution is 2.47. The molecule has 3 nitrogen and oxygen atoms in total. The third-order valence-corrected chi connectivity index (χ3v) is 4.36. The van der Waals surface area contributed by atoms with Gasteiger partial charge in [0, 0.05) is 25.3 Å². The summed E-state index contributed by atoms with van der Waals surface area (Å²) in [5.41, 5.74) is 5.75. The Labute approximate surface area is 106 Å². The summed E-state index contributed by atoms with van der Waals surface area (Å²) in [5.74, 6) is -2.83. The van der Waals surface area contributed by atoms with E-state index in [-0.39, 0.29) is 30.1 Å². The number of halogens is 2. The van der Waals surface area contributed by atoms with Crippen molar-refractivity contribution in [2.24, 2.45) is 17.1 Å². The van der Waals surface area contributed by atoms with Crippen molar-refractivity contribution in [3.05, 3.63) is 0 Å². The zero-order chi connectivity index (χ0) is 13.2. The molecule has 18 heavy (non-hydrogen) atoms. The molecular weight excluding hydrogens is 238 g/mol. The summed E-state index contributed by atoms with van der Waals surface area (Å²) in [6.07, 6.45) is 3.49. The monoisotopic (exact) mass is 260 g/mol. The lowest BCUT2D eigenvalue weighted by Crippen LogP contribution is -2.38. The van der Waals surface area contributed by atoms with E-state index in [4.69, 9.17) is 5.73 Å². The molecule has 2 aliphatic carbocycles. The third-order valence-electron chi connectivity index (χ3n) is 4.36. The van der Waals surface area contributed by atoms with Gasteiger partial charge in [-0.05, 0) is 44.1 Å². The van der Waals surface area contributed by atoms with Gasteiger partial charge in [0.2, 0.25) is 11.8 Å². The van der Waals surface area contributed by atoms with Crippen molar-refractivity contribution in [3.63, 3.8) is 0 Å². The first-order valence-electron chi connectivity index (χ1n) is 6.82. The van der Waals surface area contributed by atoms with E-state index in [2.05, 4.69) is 5.32 Å². The van der Waals surface area contributed by atoms with Crippen LogP contribution in [-0.4, -0.2) is 24.9 Å². The molecule has 0 saturated heterocycles. The summed E-state index contributed by atoms with van der Waals surface area (Å²) in [6, 6.07) is 0. The smallest absolute Gasteiger partial charge is 0.248 e. The molecule has 1 amide bonds. The summed E-state index contributed by atoms with van der Waals surface area (Å²) >= 11 is 0. The van der Waals surface area contributed by atoms with Crippen LogP contribution in [0.2, 0.25) is 0 Å². The number of amides is 1. The lowest BCUT2D eigenvalue weighted by atomic mass is 9.86. The molecule has 2 saturated carbocycles. The molecule has 0 aromatic heterocycles. The molecule has 0 atom stereocenters. The molecule has 5 heteroatoms. The van der Waals surface area contributed by atoms with Gasteiger partial charge in [-0.1, -0.05) is 0 Å². The molecule has 2 rings (SSSR count). The van der Waals surface area contributed by atoms with Crippen molar-refractivity contribution < 1.29 is 13.6 Å². The molecule has 0 aliphatic heterocycles. The number of nitrogens with two attached hydrogens (primary N) is 1. The van der Waals surface area contributed by atoms with Gasteiger partial charge in [0.25, 0.3) is 0 Å². The topological polar surface area (TPSA) is 55.1 Å². The summed E-state index contributed by atoms with van der Waals surface area (Å²) in [7, 11) is 0. The average Bonchev–Trinajstić information content (AvgIpc) is 3.07. The van der Waals surface area contributed by atoms with Crippen molar-refractivity contribution in [2.45, 2.75) is 50.9 Å². The molecule has 104 valence electrons. The second kappa shape index (κ2) is 5.11. The minimum atomic E-state index is -2.56. The molecule has 0 aromatic rings. The van der Waals surface area contributed by atoms with Crippen LogP contribution < -0.4 is 11.1 Å². The van der Waals surface area contributed by atoms with E-state index in [1.807, 2.05) is 0 Å². The molecule has 2 aliphatic rings. The van der Waals surface area contributed by atoms with E-state index in [0.29, 0.717) is 25.9 Å². The number of hydrogen-bond acceptors (Lipinski definition) is 2. The van der Waals surface area contributed by atoms with Gasteiger partial charge in [-0.2, -0.15) is 0 Å². The maximum absolute atomic E-state index is 13.0. The molecule has 2 fully saturated rings. The maximum Gasteiger partial charge on any atom is 0.248 e. The summed E-state index contributed by atoms with van der Waals surface area (Å²) in [6.45, 7) is 1.31. The highest BCUT2D eigenvalue weighted by atomic mass is 19.3. The number of alkyl halides is 2. The van der Waals surface area contributed by atoms with Crippen molar-refractivity contribution in [1.82, 2.24) is 5.32 Å². The lowest BCUT2D eigenvalue weighted by Gasteiger charge is -2.28. The van der Waals surface area contributed by atoms with Gasteiger partial charge < -0.3 is 11.1 Å². The zero-order valence-electron chi connectivity index (χ0n) is 10.7. The van der Waals surface area contributed by atoms with Gasteiger partial charge in [-0.15, -0.1) is 0 Å². The van der Waals surface area contributed by atoms with Crippen LogP contribution in [0.15, 0.2) is 0 Å². The Balaban J connectivity index is 1.72. The van der Waals surface area contributed by atoms with Crippen LogP contribution in [0.3, 0.4) is 0 Å². The van der Waals surface area contributed by atoms with E-state index < -0.39 is 5.92 Å². The van der Waals surface area contributed by atoms with Gasteiger partial charge in [0.15, 0.2) is 0 Å². The van der Waals surface area contributed by atoms with E-state index in [0.717, 1.165) is 19.3 Å². The molecule has 0 heterocycles. The Morgan fingerprint density at radius 3 is 2.33 bits per heavy atom. The van der Waals surface area contributed by atoms with Crippen molar-refractivity contribution >= 4 is 5.91 Å². The Bertz CT molecular complexity index is 306. The summed E-state index contributed by atoms with van der Waals surface area (Å²) in [4.78, 5) is 11.9. The quantitative estimate of drug-likeness (QED) is 0.795. The molecular formula is C13H22F2N2O. The minimum absolute atomic E-state index is 0.0474. The number of carbonyl (C=O) groups excluding carboxylic acids is 1. The van der Waals surface area contributed by atoms with E-state index in [9.17, 15) is 13.6 Å². The Morgan fingerprint density at radius 2 is 1.83 bits per heavy atom. The fraction of sp³-hybridized carbons (Fsp3) is 0.923. The first-order chi connectivity index (χ1) is 8.46. The average molecular weight is 260 g/mol. The summed E-state index contributed by atoms with van der Waals surface area (Å²) < 4.78 is 26.0. The van der Waals surface area contributed by atoms with Gasteiger partial charge in [-0.25, -0.2) is 8.78 Å². The molecule has 0 aromatic carbocycles. The number of hydrogen-bond donors (Lipinski definition) is 2. The highest BCUT2D eigenvalue weighted by molar-refractivity contribution is 5.78. The molecule has 3 N–H and O–H groups in total. The zero-order valence-corrected chi connectivity index (χ0v) is 10.7. The molecule has 0 unspecified atom stereocenters. The van der Waals surface area contributed by atoms with Crippen LogP contribution in [-0.2, 0) is 4.79 Å². The van der Waals surface area contributed by atoms with Gasteiger partial charge in [0.1, 0.15) is 0 Å². The van der Waals surface area contributed by atoms with Gasteiger partial charge in [0.05, 0.1) is 0 Å². The molecule has 0 spiro atoms. The van der Waals surface area contributed by atoms with Gasteiger partial charge in [-0.3, -0.25) is 4.79 Å². The fourth-order valence-electron chi connectivity index (χ4n) is 2.72. The third kappa shape index (κ3) is 3.40. The van der Waals surface area contributed by atoms with Crippen molar-refractivity contribution in [1.29, 1.82) is 0 Å². The molecule has 0 radical (unpaired) electrons. The first-order valence-corrected chi connectivity index (χ1v) is 6.82. The van der Waals surface area contributed by atoms with Crippen LogP contribution >= 0.6 is 0 Å².